The summed E-state index contributed by atoms with van der Waals surface area (Å²) in [5, 5.41) is 18.9. The molecule has 2 rings (SSSR count). The van der Waals surface area contributed by atoms with Crippen molar-refractivity contribution in [1.82, 2.24) is 0 Å². The first-order chi connectivity index (χ1) is 7.49. The van der Waals surface area contributed by atoms with Crippen LogP contribution in [-0.2, 0) is 0 Å². The summed E-state index contributed by atoms with van der Waals surface area (Å²) in [4.78, 5) is 1.73. The molecule has 1 fully saturated rings. The summed E-state index contributed by atoms with van der Waals surface area (Å²) >= 11 is 3.08. The molecule has 0 saturated carbocycles. The van der Waals surface area contributed by atoms with Gasteiger partial charge in [0.05, 0.1) is 28.1 Å². The third-order valence-corrected chi connectivity index (χ3v) is 3.28. The van der Waals surface area contributed by atoms with Gasteiger partial charge in [-0.3, -0.25) is 0 Å². The monoisotopic (exact) mass is 290 g/mol. The largest absolute Gasteiger partial charge is 0.397 e. The van der Waals surface area contributed by atoms with Crippen molar-refractivity contribution in [3.05, 3.63) is 22.4 Å². The Kier molecular flexibility index (Phi) is 3.05. The first kappa shape index (κ1) is 11.6. The summed E-state index contributed by atoms with van der Waals surface area (Å²) in [5.41, 5.74) is 6.60. The minimum Gasteiger partial charge on any atom is -0.397 e. The van der Waals surface area contributed by atoms with Gasteiger partial charge in [0.25, 0.3) is 0 Å². The number of anilines is 2. The lowest BCUT2D eigenvalue weighted by atomic mass is 10.2. The van der Waals surface area contributed by atoms with E-state index in [1.807, 2.05) is 0 Å². The predicted molar refractivity (Wildman–Crippen MR) is 62.7 cm³/mol. The number of nitrogens with two attached hydrogens (primary N) is 1. The summed E-state index contributed by atoms with van der Waals surface area (Å²) in [6.45, 7) is 0.590. The van der Waals surface area contributed by atoms with Gasteiger partial charge in [-0.1, -0.05) is 0 Å². The Labute approximate surface area is 101 Å². The molecule has 0 aliphatic carbocycles. The first-order valence-electron chi connectivity index (χ1n) is 4.84. The Bertz CT molecular complexity index is 406. The maximum Gasteiger partial charge on any atom is 0.139 e. The van der Waals surface area contributed by atoms with Gasteiger partial charge in [-0.05, 0) is 22.0 Å². The number of aliphatic hydroxyl groups excluding tert-OH is 2. The van der Waals surface area contributed by atoms with Crippen LogP contribution in [0.4, 0.5) is 15.8 Å². The zero-order chi connectivity index (χ0) is 11.9. The van der Waals surface area contributed by atoms with Crippen molar-refractivity contribution in [2.75, 3.05) is 23.7 Å². The Balaban J connectivity index is 2.31. The molecule has 1 aromatic carbocycles. The third-order valence-electron chi connectivity index (χ3n) is 2.67. The molecule has 1 heterocycles. The molecule has 0 aromatic heterocycles. The molecule has 2 atom stereocenters. The van der Waals surface area contributed by atoms with Gasteiger partial charge in [0.1, 0.15) is 5.82 Å². The van der Waals surface area contributed by atoms with E-state index in [2.05, 4.69) is 15.9 Å². The average molecular weight is 291 g/mol. The lowest BCUT2D eigenvalue weighted by Gasteiger charge is -2.20. The van der Waals surface area contributed by atoms with E-state index in [1.165, 1.54) is 6.07 Å². The topological polar surface area (TPSA) is 69.7 Å². The lowest BCUT2D eigenvalue weighted by Crippen LogP contribution is -2.22. The number of hydrogen-bond donors (Lipinski definition) is 3. The number of β-amino-alcohol motifs (C(OH)–C–C–N with tert-alkyl or cyclic N) is 2. The molecule has 16 heavy (non-hydrogen) atoms. The van der Waals surface area contributed by atoms with Crippen LogP contribution in [0.2, 0.25) is 0 Å². The van der Waals surface area contributed by atoms with Crippen LogP contribution >= 0.6 is 15.9 Å². The molecule has 6 heteroatoms. The van der Waals surface area contributed by atoms with E-state index < -0.39 is 18.0 Å². The molecular weight excluding hydrogens is 279 g/mol. The van der Waals surface area contributed by atoms with Crippen LogP contribution in [0.15, 0.2) is 16.6 Å². The SMILES string of the molecule is Nc1cc(F)c(Br)cc1N1CC(O)C(O)C1. The highest BCUT2D eigenvalue weighted by Crippen LogP contribution is 2.31. The van der Waals surface area contributed by atoms with E-state index in [9.17, 15) is 14.6 Å². The lowest BCUT2D eigenvalue weighted by molar-refractivity contribution is 0.0572. The average Bonchev–Trinajstić information content (AvgIpc) is 2.53. The number of nitrogen functional groups attached to an aromatic ring is 1. The van der Waals surface area contributed by atoms with E-state index in [4.69, 9.17) is 5.73 Å². The van der Waals surface area contributed by atoms with E-state index >= 15 is 0 Å². The molecule has 1 aromatic rings. The molecule has 1 saturated heterocycles. The number of nitrogens with zero attached hydrogens (tertiary/aromatic N) is 1. The highest BCUT2D eigenvalue weighted by Gasteiger charge is 2.30. The summed E-state index contributed by atoms with van der Waals surface area (Å²) in [7, 11) is 0. The second-order valence-corrected chi connectivity index (χ2v) is 4.72. The van der Waals surface area contributed by atoms with Crippen LogP contribution in [0.5, 0.6) is 0 Å². The molecule has 88 valence electrons. The molecule has 0 amide bonds. The second-order valence-electron chi connectivity index (χ2n) is 3.86. The smallest absolute Gasteiger partial charge is 0.139 e. The molecule has 0 bridgehead atoms. The Morgan fingerprint density at radius 3 is 2.44 bits per heavy atom. The normalized spacial score (nSPS) is 25.1. The van der Waals surface area contributed by atoms with Crippen molar-refractivity contribution in [3.63, 3.8) is 0 Å². The fourth-order valence-corrected chi connectivity index (χ4v) is 2.12. The standard InChI is InChI=1S/C10H12BrFN2O2/c11-5-1-8(7(13)2-6(5)12)14-3-9(15)10(16)4-14/h1-2,9-10,15-16H,3-4,13H2. The van der Waals surface area contributed by atoms with Gasteiger partial charge < -0.3 is 20.8 Å². The predicted octanol–water partition coefficient (Wildman–Crippen LogP) is 0.712. The fraction of sp³-hybridized carbons (Fsp3) is 0.400. The van der Waals surface area contributed by atoms with Gasteiger partial charge in [-0.15, -0.1) is 0 Å². The fourth-order valence-electron chi connectivity index (χ4n) is 1.79. The quantitative estimate of drug-likeness (QED) is 0.667. The van der Waals surface area contributed by atoms with Crippen LogP contribution in [0, 0.1) is 5.82 Å². The highest BCUT2D eigenvalue weighted by atomic mass is 79.9. The van der Waals surface area contributed by atoms with Crippen molar-refractivity contribution in [2.24, 2.45) is 0 Å². The minimum absolute atomic E-state index is 0.294. The van der Waals surface area contributed by atoms with Crippen LogP contribution in [0.1, 0.15) is 0 Å². The van der Waals surface area contributed by atoms with E-state index in [-0.39, 0.29) is 0 Å². The van der Waals surface area contributed by atoms with Gasteiger partial charge in [0.2, 0.25) is 0 Å². The molecule has 4 N–H and O–H groups in total. The molecular formula is C10H12BrFN2O2. The van der Waals surface area contributed by atoms with E-state index in [0.29, 0.717) is 28.9 Å². The summed E-state index contributed by atoms with van der Waals surface area (Å²) in [5.74, 6) is -0.429. The van der Waals surface area contributed by atoms with E-state index in [1.54, 1.807) is 11.0 Å². The van der Waals surface area contributed by atoms with Crippen LogP contribution < -0.4 is 10.6 Å². The van der Waals surface area contributed by atoms with Crippen molar-refractivity contribution in [1.29, 1.82) is 0 Å². The Morgan fingerprint density at radius 2 is 1.88 bits per heavy atom. The molecule has 0 radical (unpaired) electrons. The van der Waals surface area contributed by atoms with Crippen molar-refractivity contribution in [3.8, 4) is 0 Å². The molecule has 0 spiro atoms. The third kappa shape index (κ3) is 2.00. The van der Waals surface area contributed by atoms with Crippen LogP contribution in [-0.4, -0.2) is 35.5 Å². The highest BCUT2D eigenvalue weighted by molar-refractivity contribution is 9.10. The van der Waals surface area contributed by atoms with Crippen LogP contribution in [0.3, 0.4) is 0 Å². The molecule has 4 nitrogen and oxygen atoms in total. The number of hydrogen-bond acceptors (Lipinski definition) is 4. The van der Waals surface area contributed by atoms with Crippen molar-refractivity contribution >= 4 is 27.3 Å². The van der Waals surface area contributed by atoms with Gasteiger partial charge >= 0.3 is 0 Å². The van der Waals surface area contributed by atoms with Crippen molar-refractivity contribution in [2.45, 2.75) is 12.2 Å². The first-order valence-corrected chi connectivity index (χ1v) is 5.64. The zero-order valence-corrected chi connectivity index (χ0v) is 9.98. The molecule has 1 aliphatic heterocycles. The van der Waals surface area contributed by atoms with Crippen LogP contribution in [0.25, 0.3) is 0 Å². The number of rotatable bonds is 1. The summed E-state index contributed by atoms with van der Waals surface area (Å²) in [6.07, 6.45) is -1.58. The van der Waals surface area contributed by atoms with Gasteiger partial charge in [-0.2, -0.15) is 0 Å². The van der Waals surface area contributed by atoms with Gasteiger partial charge in [0.15, 0.2) is 0 Å². The zero-order valence-electron chi connectivity index (χ0n) is 8.40. The Hall–Kier alpha value is -0.850. The number of benzene rings is 1. The summed E-state index contributed by atoms with van der Waals surface area (Å²) in [6, 6.07) is 2.77. The van der Waals surface area contributed by atoms with E-state index in [0.717, 1.165) is 0 Å². The van der Waals surface area contributed by atoms with Crippen molar-refractivity contribution < 1.29 is 14.6 Å². The maximum atomic E-state index is 13.2. The maximum absolute atomic E-state index is 13.2. The number of aliphatic hydroxyl groups is 2. The molecule has 2 unspecified atom stereocenters. The Morgan fingerprint density at radius 1 is 1.31 bits per heavy atom. The van der Waals surface area contributed by atoms with Gasteiger partial charge in [-0.25, -0.2) is 4.39 Å². The summed E-state index contributed by atoms with van der Waals surface area (Å²) < 4.78 is 13.5. The second kappa shape index (κ2) is 4.20. The number of halogens is 2. The minimum atomic E-state index is -0.789. The molecule has 1 aliphatic rings. The van der Waals surface area contributed by atoms with Gasteiger partial charge in [0, 0.05) is 19.2 Å².